The van der Waals surface area contributed by atoms with E-state index < -0.39 is 15.5 Å². The van der Waals surface area contributed by atoms with Crippen LogP contribution in [0.15, 0.2) is 35.3 Å². The van der Waals surface area contributed by atoms with Crippen LogP contribution in [-0.2, 0) is 10.0 Å². The first-order chi connectivity index (χ1) is 13.6. The van der Waals surface area contributed by atoms with Crippen LogP contribution >= 0.6 is 24.0 Å². The lowest BCUT2D eigenvalue weighted by atomic mass is 9.98. The van der Waals surface area contributed by atoms with Gasteiger partial charge in [-0.1, -0.05) is 37.3 Å². The first-order valence-electron chi connectivity index (χ1n) is 9.81. The summed E-state index contributed by atoms with van der Waals surface area (Å²) in [6.45, 7) is 5.01. The third kappa shape index (κ3) is 7.56. The summed E-state index contributed by atoms with van der Waals surface area (Å²) in [4.78, 5) is 4.56. The van der Waals surface area contributed by atoms with Crippen LogP contribution in [0.5, 0.6) is 0 Å². The van der Waals surface area contributed by atoms with Gasteiger partial charge in [0.2, 0.25) is 0 Å². The molecule has 30 heavy (non-hydrogen) atoms. The molecule has 2 rings (SSSR count). The maximum atomic E-state index is 12.7. The van der Waals surface area contributed by atoms with Crippen molar-refractivity contribution in [3.8, 4) is 0 Å². The summed E-state index contributed by atoms with van der Waals surface area (Å²) in [6.07, 6.45) is 1.45. The molecule has 2 N–H and O–H groups in total. The van der Waals surface area contributed by atoms with Crippen LogP contribution in [0.3, 0.4) is 0 Å². The number of sulfonamides is 1. The Morgan fingerprint density at radius 3 is 2.37 bits per heavy atom. The van der Waals surface area contributed by atoms with Crippen LogP contribution in [-0.4, -0.2) is 56.4 Å². The van der Waals surface area contributed by atoms with Crippen molar-refractivity contribution in [3.63, 3.8) is 0 Å². The van der Waals surface area contributed by atoms with Crippen molar-refractivity contribution in [2.45, 2.75) is 50.6 Å². The fourth-order valence-corrected chi connectivity index (χ4v) is 4.20. The van der Waals surface area contributed by atoms with E-state index in [1.807, 2.05) is 25.1 Å². The number of aliphatic imine (C=N–C) groups is 1. The Morgan fingerprint density at radius 2 is 1.83 bits per heavy atom. The second kappa shape index (κ2) is 12.1. The van der Waals surface area contributed by atoms with Crippen LogP contribution in [0.1, 0.15) is 44.6 Å². The van der Waals surface area contributed by atoms with Crippen molar-refractivity contribution >= 4 is 40.0 Å². The monoisotopic (exact) mass is 562 g/mol. The highest BCUT2D eigenvalue weighted by Gasteiger charge is 2.50. The highest BCUT2D eigenvalue weighted by atomic mass is 127. The summed E-state index contributed by atoms with van der Waals surface area (Å²) >= 11 is 0. The third-order valence-corrected chi connectivity index (χ3v) is 6.60. The Balaban J connectivity index is 0.00000450. The molecule has 0 aromatic heterocycles. The van der Waals surface area contributed by atoms with Gasteiger partial charge in [0.05, 0.1) is 0 Å². The van der Waals surface area contributed by atoms with Crippen molar-refractivity contribution in [1.82, 2.24) is 14.9 Å². The topological polar surface area (TPSA) is 73.8 Å². The van der Waals surface area contributed by atoms with Crippen LogP contribution in [0, 0.1) is 0 Å². The van der Waals surface area contributed by atoms with Crippen molar-refractivity contribution in [2.24, 2.45) is 4.99 Å². The zero-order valence-electron chi connectivity index (χ0n) is 17.2. The van der Waals surface area contributed by atoms with Crippen LogP contribution in [0.2, 0.25) is 0 Å². The van der Waals surface area contributed by atoms with E-state index in [1.54, 1.807) is 0 Å². The molecule has 1 aliphatic rings. The number of piperidine rings is 1. The van der Waals surface area contributed by atoms with Gasteiger partial charge in [0, 0.05) is 32.2 Å². The van der Waals surface area contributed by atoms with Crippen molar-refractivity contribution in [1.29, 1.82) is 0 Å². The molecular weight excluding hydrogens is 532 g/mol. The van der Waals surface area contributed by atoms with Crippen molar-refractivity contribution in [2.75, 3.05) is 26.2 Å². The van der Waals surface area contributed by atoms with E-state index in [1.165, 1.54) is 5.56 Å². The molecule has 1 heterocycles. The van der Waals surface area contributed by atoms with Crippen molar-refractivity contribution in [3.05, 3.63) is 35.9 Å². The fraction of sp³-hybridized carbons (Fsp3) is 0.632. The van der Waals surface area contributed by atoms with Gasteiger partial charge in [0.1, 0.15) is 0 Å². The van der Waals surface area contributed by atoms with Crippen LogP contribution in [0.25, 0.3) is 0 Å². The molecule has 0 bridgehead atoms. The molecule has 11 heteroatoms. The average molecular weight is 562 g/mol. The number of halogens is 4. The standard InChI is InChI=1S/C19H29F3N4O2S.HI/c1-3-23-18(24-12-9-15(2)16-7-5-4-6-8-16)25-17-10-13-26(14-11-17)29(27,28)19(20,21)22;/h4-8,15,17H,3,9-14H2,1-2H3,(H2,23,24,25);1H. The largest absolute Gasteiger partial charge is 0.511 e. The number of guanidine groups is 1. The van der Waals surface area contributed by atoms with Gasteiger partial charge in [-0.05, 0) is 37.7 Å². The fourth-order valence-electron chi connectivity index (χ4n) is 3.22. The lowest BCUT2D eigenvalue weighted by Gasteiger charge is -2.32. The quantitative estimate of drug-likeness (QED) is 0.302. The van der Waals surface area contributed by atoms with Gasteiger partial charge < -0.3 is 10.6 Å². The first-order valence-corrected chi connectivity index (χ1v) is 11.3. The van der Waals surface area contributed by atoms with E-state index in [0.717, 1.165) is 6.42 Å². The second-order valence-corrected chi connectivity index (χ2v) is 9.06. The minimum Gasteiger partial charge on any atom is -0.357 e. The lowest BCUT2D eigenvalue weighted by Crippen LogP contribution is -2.51. The predicted octanol–water partition coefficient (Wildman–Crippen LogP) is 3.67. The Hall–Kier alpha value is -1.08. The number of benzene rings is 1. The summed E-state index contributed by atoms with van der Waals surface area (Å²) in [7, 11) is -5.25. The van der Waals surface area contributed by atoms with Crippen LogP contribution in [0.4, 0.5) is 13.2 Å². The van der Waals surface area contributed by atoms with Gasteiger partial charge in [0.15, 0.2) is 5.96 Å². The predicted molar refractivity (Wildman–Crippen MR) is 124 cm³/mol. The molecule has 172 valence electrons. The maximum Gasteiger partial charge on any atom is 0.511 e. The first kappa shape index (κ1) is 27.0. The Bertz CT molecular complexity index is 768. The minimum atomic E-state index is -5.25. The van der Waals surface area contributed by atoms with Gasteiger partial charge >= 0.3 is 15.5 Å². The van der Waals surface area contributed by atoms with E-state index >= 15 is 0 Å². The van der Waals surface area contributed by atoms with Gasteiger partial charge in [-0.15, -0.1) is 24.0 Å². The highest BCUT2D eigenvalue weighted by Crippen LogP contribution is 2.29. The number of hydrogen-bond donors (Lipinski definition) is 2. The Labute approximate surface area is 193 Å². The van der Waals surface area contributed by atoms with Gasteiger partial charge in [0.25, 0.3) is 0 Å². The molecule has 0 radical (unpaired) electrons. The van der Waals surface area contributed by atoms with E-state index in [4.69, 9.17) is 0 Å². The average Bonchev–Trinajstić information content (AvgIpc) is 2.68. The summed E-state index contributed by atoms with van der Waals surface area (Å²) in [6, 6.07) is 10.0. The Morgan fingerprint density at radius 1 is 1.23 bits per heavy atom. The zero-order valence-corrected chi connectivity index (χ0v) is 20.3. The number of nitrogens with one attached hydrogen (secondary N) is 2. The van der Waals surface area contributed by atoms with Gasteiger partial charge in [-0.2, -0.15) is 17.5 Å². The van der Waals surface area contributed by atoms with Crippen LogP contribution < -0.4 is 10.6 Å². The molecule has 0 saturated carbocycles. The molecule has 1 aliphatic heterocycles. The number of hydrogen-bond acceptors (Lipinski definition) is 3. The molecule has 1 saturated heterocycles. The van der Waals surface area contributed by atoms with Gasteiger partial charge in [-0.3, -0.25) is 4.99 Å². The van der Waals surface area contributed by atoms with Gasteiger partial charge in [-0.25, -0.2) is 8.42 Å². The highest BCUT2D eigenvalue weighted by molar-refractivity contribution is 14.0. The second-order valence-electron chi connectivity index (χ2n) is 7.13. The van der Waals surface area contributed by atoms with E-state index in [9.17, 15) is 21.6 Å². The number of rotatable bonds is 7. The molecule has 0 aliphatic carbocycles. The molecule has 1 aromatic rings. The number of nitrogens with zero attached hydrogens (tertiary/aromatic N) is 2. The zero-order chi connectivity index (χ0) is 21.5. The summed E-state index contributed by atoms with van der Waals surface area (Å²) < 4.78 is 61.6. The molecule has 0 amide bonds. The Kier molecular flexibility index (Phi) is 10.9. The smallest absolute Gasteiger partial charge is 0.357 e. The maximum absolute atomic E-state index is 12.7. The van der Waals surface area contributed by atoms with E-state index in [0.29, 0.717) is 42.1 Å². The molecule has 6 nitrogen and oxygen atoms in total. The normalized spacial score (nSPS) is 17.8. The summed E-state index contributed by atoms with van der Waals surface area (Å²) in [5.41, 5.74) is -4.00. The summed E-state index contributed by atoms with van der Waals surface area (Å²) in [5.74, 6) is 0.962. The molecule has 1 unspecified atom stereocenters. The van der Waals surface area contributed by atoms with Crippen molar-refractivity contribution < 1.29 is 21.6 Å². The minimum absolute atomic E-state index is 0. The molecule has 1 fully saturated rings. The van der Waals surface area contributed by atoms with E-state index in [2.05, 4.69) is 34.7 Å². The molecule has 1 atom stereocenters. The SMILES string of the molecule is CCNC(=NCCC(C)c1ccccc1)NC1CCN(S(=O)(=O)C(F)(F)F)CC1.I. The van der Waals surface area contributed by atoms with E-state index in [-0.39, 0.29) is 43.1 Å². The third-order valence-electron chi connectivity index (χ3n) is 4.97. The molecule has 1 aromatic carbocycles. The summed E-state index contributed by atoms with van der Waals surface area (Å²) in [5, 5.41) is 6.35. The lowest BCUT2D eigenvalue weighted by molar-refractivity contribution is -0.0494. The molecular formula is C19H30F3IN4O2S. The number of alkyl halides is 3. The molecule has 0 spiro atoms.